The molecule has 0 spiro atoms. The molecule has 0 fully saturated rings. The van der Waals surface area contributed by atoms with Crippen LogP contribution in [0.25, 0.3) is 16.0 Å². The molecule has 5 nitrogen and oxygen atoms in total. The van der Waals surface area contributed by atoms with Gasteiger partial charge in [0, 0.05) is 5.69 Å². The zero-order chi connectivity index (χ0) is 19.1. The number of halogens is 2. The Kier molecular flexibility index (Phi) is 4.19. The van der Waals surface area contributed by atoms with Crippen LogP contribution in [0.1, 0.15) is 11.1 Å². The second-order valence-electron chi connectivity index (χ2n) is 6.09. The maximum absolute atomic E-state index is 14.2. The summed E-state index contributed by atoms with van der Waals surface area (Å²) in [5.74, 6) is -0.840. The molecule has 2 heterocycles. The zero-order valence-electron chi connectivity index (χ0n) is 14.5. The highest BCUT2D eigenvalue weighted by Crippen LogP contribution is 2.26. The second kappa shape index (κ2) is 6.55. The molecule has 0 amide bonds. The molecule has 0 atom stereocenters. The van der Waals surface area contributed by atoms with Gasteiger partial charge in [-0.25, -0.2) is 13.8 Å². The topological polar surface area (TPSA) is 59.8 Å². The van der Waals surface area contributed by atoms with Crippen molar-refractivity contribution in [1.29, 1.82) is 0 Å². The Morgan fingerprint density at radius 2 is 1.89 bits per heavy atom. The summed E-state index contributed by atoms with van der Waals surface area (Å²) in [6, 6.07) is 9.33. The molecular formula is C19H14F2N4OS. The fraction of sp³-hybridized carbons (Fsp3) is 0.105. The molecule has 8 heteroatoms. The van der Waals surface area contributed by atoms with E-state index in [4.69, 9.17) is 0 Å². The maximum Gasteiger partial charge on any atom is 0.277 e. The summed E-state index contributed by atoms with van der Waals surface area (Å²) in [7, 11) is 0. The maximum atomic E-state index is 14.2. The molecule has 0 unspecified atom stereocenters. The Bertz CT molecular complexity index is 1210. The third kappa shape index (κ3) is 3.08. The van der Waals surface area contributed by atoms with Crippen LogP contribution >= 0.6 is 11.3 Å². The molecule has 0 aliphatic heterocycles. The van der Waals surface area contributed by atoms with E-state index >= 15 is 0 Å². The number of aryl methyl sites for hydroxylation is 2. The average molecular weight is 384 g/mol. The van der Waals surface area contributed by atoms with Gasteiger partial charge in [0.1, 0.15) is 22.7 Å². The van der Waals surface area contributed by atoms with Crippen LogP contribution in [-0.4, -0.2) is 14.5 Å². The summed E-state index contributed by atoms with van der Waals surface area (Å²) in [6.45, 7) is 3.40. The van der Waals surface area contributed by atoms with Crippen LogP contribution in [0.5, 0.6) is 0 Å². The quantitative estimate of drug-likeness (QED) is 0.566. The highest BCUT2D eigenvalue weighted by molar-refractivity contribution is 7.22. The van der Waals surface area contributed by atoms with Crippen LogP contribution in [-0.2, 0) is 0 Å². The second-order valence-corrected chi connectivity index (χ2v) is 7.08. The number of hydrogen-bond donors (Lipinski definition) is 1. The molecule has 0 aliphatic carbocycles. The summed E-state index contributed by atoms with van der Waals surface area (Å²) in [4.78, 5) is 21.3. The first kappa shape index (κ1) is 17.3. The first-order chi connectivity index (χ1) is 12.9. The summed E-state index contributed by atoms with van der Waals surface area (Å²) in [5, 5.41) is 3.38. The predicted octanol–water partition coefficient (Wildman–Crippen LogP) is 4.48. The number of hydrogen-bond acceptors (Lipinski definition) is 5. The summed E-state index contributed by atoms with van der Waals surface area (Å²) in [5.41, 5.74) is 1.69. The zero-order valence-corrected chi connectivity index (χ0v) is 15.3. The van der Waals surface area contributed by atoms with Crippen LogP contribution in [0.4, 0.5) is 19.6 Å². The highest BCUT2D eigenvalue weighted by Gasteiger charge is 2.15. The van der Waals surface area contributed by atoms with Crippen LogP contribution < -0.4 is 10.9 Å². The van der Waals surface area contributed by atoms with Crippen LogP contribution in [0.2, 0.25) is 0 Å². The summed E-state index contributed by atoms with van der Waals surface area (Å²) in [6.07, 6.45) is 1.27. The SMILES string of the molecule is Cc1ccc(Nc2nc3ncn(-c4c(C)cccc4F)c(=O)c3s2)cc1F. The molecule has 0 saturated heterocycles. The number of rotatable bonds is 3. The number of aromatic nitrogens is 3. The van der Waals surface area contributed by atoms with Crippen molar-refractivity contribution in [2.45, 2.75) is 13.8 Å². The van der Waals surface area contributed by atoms with Gasteiger partial charge in [-0.1, -0.05) is 29.5 Å². The fourth-order valence-electron chi connectivity index (χ4n) is 2.75. The van der Waals surface area contributed by atoms with Gasteiger partial charge in [0.05, 0.1) is 5.69 Å². The first-order valence-corrected chi connectivity index (χ1v) is 8.92. The molecule has 4 aromatic rings. The van der Waals surface area contributed by atoms with Gasteiger partial charge in [0.15, 0.2) is 10.8 Å². The molecule has 2 aromatic carbocycles. The Hall–Kier alpha value is -3.13. The molecule has 1 N–H and O–H groups in total. The number of thiazole rings is 1. The lowest BCUT2D eigenvalue weighted by molar-refractivity contribution is 0.614. The third-order valence-electron chi connectivity index (χ3n) is 4.17. The molecule has 0 aliphatic rings. The van der Waals surface area contributed by atoms with Crippen LogP contribution in [0.15, 0.2) is 47.5 Å². The van der Waals surface area contributed by atoms with Crippen molar-refractivity contribution in [3.8, 4) is 5.69 Å². The molecule has 0 saturated carbocycles. The van der Waals surface area contributed by atoms with Gasteiger partial charge in [-0.05, 0) is 43.2 Å². The van der Waals surface area contributed by atoms with Gasteiger partial charge < -0.3 is 5.32 Å². The monoisotopic (exact) mass is 384 g/mol. The first-order valence-electron chi connectivity index (χ1n) is 8.11. The molecule has 0 radical (unpaired) electrons. The van der Waals surface area contributed by atoms with Crippen molar-refractivity contribution < 1.29 is 8.78 Å². The predicted molar refractivity (Wildman–Crippen MR) is 102 cm³/mol. The van der Waals surface area contributed by atoms with Gasteiger partial charge in [-0.15, -0.1) is 0 Å². The molecular weight excluding hydrogens is 370 g/mol. The molecule has 136 valence electrons. The molecule has 2 aromatic heterocycles. The van der Waals surface area contributed by atoms with Crippen molar-refractivity contribution in [3.63, 3.8) is 0 Å². The number of fused-ring (bicyclic) bond motifs is 1. The minimum atomic E-state index is -0.503. The van der Waals surface area contributed by atoms with Crippen molar-refractivity contribution >= 4 is 32.5 Å². The van der Waals surface area contributed by atoms with E-state index in [0.717, 1.165) is 11.3 Å². The number of nitrogens with zero attached hydrogens (tertiary/aromatic N) is 3. The van der Waals surface area contributed by atoms with E-state index in [1.807, 2.05) is 0 Å². The lowest BCUT2D eigenvalue weighted by Crippen LogP contribution is -2.19. The van der Waals surface area contributed by atoms with Gasteiger partial charge in [-0.3, -0.25) is 9.36 Å². The lowest BCUT2D eigenvalue weighted by atomic mass is 10.2. The normalized spacial score (nSPS) is 11.1. The van der Waals surface area contributed by atoms with E-state index < -0.39 is 11.4 Å². The van der Waals surface area contributed by atoms with Gasteiger partial charge >= 0.3 is 0 Å². The van der Waals surface area contributed by atoms with Crippen molar-refractivity contribution in [1.82, 2.24) is 14.5 Å². The van der Waals surface area contributed by atoms with E-state index in [0.29, 0.717) is 21.9 Å². The molecule has 0 bridgehead atoms. The number of nitrogens with one attached hydrogen (secondary N) is 1. The summed E-state index contributed by atoms with van der Waals surface area (Å²) < 4.78 is 29.4. The highest BCUT2D eigenvalue weighted by atomic mass is 32.1. The van der Waals surface area contributed by atoms with E-state index in [-0.39, 0.29) is 21.9 Å². The minimum absolute atomic E-state index is 0.167. The lowest BCUT2D eigenvalue weighted by Gasteiger charge is -2.09. The van der Waals surface area contributed by atoms with Gasteiger partial charge in [0.2, 0.25) is 0 Å². The van der Waals surface area contributed by atoms with E-state index in [1.54, 1.807) is 38.1 Å². The smallest absolute Gasteiger partial charge is 0.277 e. The molecule has 4 rings (SSSR count). The van der Waals surface area contributed by atoms with Gasteiger partial charge in [-0.2, -0.15) is 4.98 Å². The molecule has 27 heavy (non-hydrogen) atoms. The number of para-hydroxylation sites is 1. The summed E-state index contributed by atoms with van der Waals surface area (Å²) >= 11 is 1.09. The van der Waals surface area contributed by atoms with Gasteiger partial charge in [0.25, 0.3) is 5.56 Å². The average Bonchev–Trinajstić information content (AvgIpc) is 3.03. The van der Waals surface area contributed by atoms with E-state index in [9.17, 15) is 13.6 Å². The van der Waals surface area contributed by atoms with Crippen LogP contribution in [0, 0.1) is 25.5 Å². The minimum Gasteiger partial charge on any atom is -0.331 e. The Morgan fingerprint density at radius 1 is 1.07 bits per heavy atom. The van der Waals surface area contributed by atoms with E-state index in [1.165, 1.54) is 23.0 Å². The van der Waals surface area contributed by atoms with E-state index in [2.05, 4.69) is 15.3 Å². The van der Waals surface area contributed by atoms with Crippen LogP contribution in [0.3, 0.4) is 0 Å². The Labute approximate surface area is 157 Å². The third-order valence-corrected chi connectivity index (χ3v) is 5.12. The largest absolute Gasteiger partial charge is 0.331 e. The number of benzene rings is 2. The van der Waals surface area contributed by atoms with Crippen molar-refractivity contribution in [2.75, 3.05) is 5.32 Å². The standard InChI is InChI=1S/C19H14F2N4OS/c1-10-6-7-12(8-14(10)21)23-19-24-17-16(27-19)18(26)25(9-22-17)15-11(2)4-3-5-13(15)20/h3-9H,1-2H3,(H,23,24). The number of anilines is 2. The Morgan fingerprint density at radius 3 is 2.63 bits per heavy atom. The Balaban J connectivity index is 1.78. The fourth-order valence-corrected chi connectivity index (χ4v) is 3.62. The van der Waals surface area contributed by atoms with Crippen molar-refractivity contribution in [2.24, 2.45) is 0 Å². The van der Waals surface area contributed by atoms with Crippen molar-refractivity contribution in [3.05, 3.63) is 75.8 Å².